The lowest BCUT2D eigenvalue weighted by Gasteiger charge is -2.36. The molecule has 34 heavy (non-hydrogen) atoms. The van der Waals surface area contributed by atoms with Crippen molar-refractivity contribution >= 4 is 28.2 Å². The molecule has 0 unspecified atom stereocenters. The van der Waals surface area contributed by atoms with Gasteiger partial charge in [-0.05, 0) is 17.7 Å². The van der Waals surface area contributed by atoms with Crippen LogP contribution in [0.5, 0.6) is 0 Å². The summed E-state index contributed by atoms with van der Waals surface area (Å²) in [6, 6.07) is 16.2. The van der Waals surface area contributed by atoms with E-state index in [1.807, 2.05) is 30.3 Å². The Morgan fingerprint density at radius 3 is 2.24 bits per heavy atom. The summed E-state index contributed by atoms with van der Waals surface area (Å²) in [5.41, 5.74) is 2.65. The molecule has 1 saturated heterocycles. The number of benzene rings is 2. The third kappa shape index (κ3) is 5.92. The summed E-state index contributed by atoms with van der Waals surface area (Å²) in [7, 11) is -1.84. The maximum Gasteiger partial charge on any atom is 0.242 e. The van der Waals surface area contributed by atoms with Gasteiger partial charge in [0.2, 0.25) is 10.0 Å². The molecule has 0 spiro atoms. The normalized spacial score (nSPS) is 14.7. The van der Waals surface area contributed by atoms with Crippen molar-refractivity contribution in [3.63, 3.8) is 0 Å². The first kappa shape index (κ1) is 26.1. The highest BCUT2D eigenvalue weighted by Gasteiger charge is 2.24. The molecule has 182 valence electrons. The number of aliphatic hydroxyl groups excluding tert-OH is 1. The van der Waals surface area contributed by atoms with Gasteiger partial charge in [0.25, 0.3) is 0 Å². The molecule has 0 saturated carbocycles. The standard InChI is InChI=1S/C24H29N5O3S.ClH/c1-27(33(31,32)22-5-3-2-4-6-22)13-14-28-15-17-29(18-16-28)24-23(25-11-12-26-24)21-9-7-20(19-30)8-10-21;/h2-12,30H,13-19H2,1H3;1H. The van der Waals surface area contributed by atoms with E-state index in [2.05, 4.69) is 19.8 Å². The van der Waals surface area contributed by atoms with Crippen LogP contribution in [-0.4, -0.2) is 79.0 Å². The van der Waals surface area contributed by atoms with Crippen molar-refractivity contribution < 1.29 is 13.5 Å². The van der Waals surface area contributed by atoms with Gasteiger partial charge in [0.15, 0.2) is 5.82 Å². The average molecular weight is 504 g/mol. The number of aromatic nitrogens is 2. The Balaban J connectivity index is 0.00000324. The third-order valence-corrected chi connectivity index (χ3v) is 7.81. The highest BCUT2D eigenvalue weighted by Crippen LogP contribution is 2.27. The molecular weight excluding hydrogens is 474 g/mol. The van der Waals surface area contributed by atoms with Gasteiger partial charge in [0.1, 0.15) is 5.69 Å². The van der Waals surface area contributed by atoms with Gasteiger partial charge in [-0.1, -0.05) is 42.5 Å². The molecule has 0 bridgehead atoms. The van der Waals surface area contributed by atoms with Crippen molar-refractivity contribution in [1.82, 2.24) is 19.2 Å². The third-order valence-electron chi connectivity index (χ3n) is 5.94. The fourth-order valence-electron chi connectivity index (χ4n) is 3.89. The molecule has 1 aromatic heterocycles. The lowest BCUT2D eigenvalue weighted by Crippen LogP contribution is -2.49. The lowest BCUT2D eigenvalue weighted by molar-refractivity contribution is 0.243. The molecule has 2 heterocycles. The first-order chi connectivity index (χ1) is 16.0. The summed E-state index contributed by atoms with van der Waals surface area (Å²) in [5, 5.41) is 9.29. The van der Waals surface area contributed by atoms with Gasteiger partial charge in [-0.15, -0.1) is 12.4 Å². The molecule has 0 aliphatic carbocycles. The predicted molar refractivity (Wildman–Crippen MR) is 136 cm³/mol. The maximum absolute atomic E-state index is 12.7. The van der Waals surface area contributed by atoms with Crippen molar-refractivity contribution in [1.29, 1.82) is 0 Å². The van der Waals surface area contributed by atoms with Crippen LogP contribution in [0.25, 0.3) is 11.3 Å². The molecule has 4 rings (SSSR count). The Hall–Kier alpha value is -2.56. The zero-order valence-corrected chi connectivity index (χ0v) is 20.7. The number of aliphatic hydroxyl groups is 1. The number of piperazine rings is 1. The zero-order valence-electron chi connectivity index (χ0n) is 19.1. The van der Waals surface area contributed by atoms with E-state index in [-0.39, 0.29) is 19.0 Å². The molecule has 3 aromatic rings. The predicted octanol–water partition coefficient (Wildman–Crippen LogP) is 2.50. The molecule has 1 aliphatic rings. The highest BCUT2D eigenvalue weighted by molar-refractivity contribution is 7.89. The summed E-state index contributed by atoms with van der Waals surface area (Å²) in [5.74, 6) is 0.845. The van der Waals surface area contributed by atoms with Crippen LogP contribution >= 0.6 is 12.4 Å². The number of likely N-dealkylation sites (N-methyl/N-ethyl adjacent to an activating group) is 1. The molecule has 10 heteroatoms. The Bertz CT molecular complexity index is 1150. The minimum Gasteiger partial charge on any atom is -0.392 e. The van der Waals surface area contributed by atoms with Gasteiger partial charge in [-0.3, -0.25) is 9.88 Å². The van der Waals surface area contributed by atoms with Crippen LogP contribution in [-0.2, 0) is 16.6 Å². The molecular formula is C24H30ClN5O3S. The summed E-state index contributed by atoms with van der Waals surface area (Å²) < 4.78 is 26.9. The van der Waals surface area contributed by atoms with E-state index < -0.39 is 10.0 Å². The minimum absolute atomic E-state index is 0. The lowest BCUT2D eigenvalue weighted by atomic mass is 10.1. The second-order valence-electron chi connectivity index (χ2n) is 8.05. The van der Waals surface area contributed by atoms with Crippen LogP contribution in [0.3, 0.4) is 0 Å². The number of hydrogen-bond acceptors (Lipinski definition) is 7. The van der Waals surface area contributed by atoms with E-state index in [0.29, 0.717) is 18.0 Å². The zero-order chi connectivity index (χ0) is 23.3. The topological polar surface area (TPSA) is 89.9 Å². The van der Waals surface area contributed by atoms with Crippen molar-refractivity contribution in [2.45, 2.75) is 11.5 Å². The van der Waals surface area contributed by atoms with Crippen molar-refractivity contribution in [2.75, 3.05) is 51.2 Å². The summed E-state index contributed by atoms with van der Waals surface area (Å²) in [4.78, 5) is 14.0. The largest absolute Gasteiger partial charge is 0.392 e. The molecule has 0 amide bonds. The molecule has 1 N–H and O–H groups in total. The summed E-state index contributed by atoms with van der Waals surface area (Å²) in [6.07, 6.45) is 3.40. The van der Waals surface area contributed by atoms with E-state index in [1.165, 1.54) is 4.31 Å². The molecule has 1 fully saturated rings. The van der Waals surface area contributed by atoms with Crippen molar-refractivity contribution in [3.8, 4) is 11.3 Å². The van der Waals surface area contributed by atoms with Gasteiger partial charge in [-0.2, -0.15) is 4.31 Å². The number of anilines is 1. The first-order valence-electron chi connectivity index (χ1n) is 11.0. The Morgan fingerprint density at radius 2 is 1.59 bits per heavy atom. The fraction of sp³-hybridized carbons (Fsp3) is 0.333. The van der Waals surface area contributed by atoms with Gasteiger partial charge in [0, 0.05) is 64.3 Å². The van der Waals surface area contributed by atoms with Crippen LogP contribution in [0.2, 0.25) is 0 Å². The van der Waals surface area contributed by atoms with E-state index in [4.69, 9.17) is 0 Å². The number of hydrogen-bond donors (Lipinski definition) is 1. The van der Waals surface area contributed by atoms with E-state index in [0.717, 1.165) is 48.8 Å². The van der Waals surface area contributed by atoms with E-state index in [9.17, 15) is 13.5 Å². The summed E-state index contributed by atoms with van der Waals surface area (Å²) in [6.45, 7) is 4.33. The summed E-state index contributed by atoms with van der Waals surface area (Å²) >= 11 is 0. The number of halogens is 1. The first-order valence-corrected chi connectivity index (χ1v) is 12.4. The highest BCUT2D eigenvalue weighted by atomic mass is 35.5. The van der Waals surface area contributed by atoms with Gasteiger partial charge in [0.05, 0.1) is 11.5 Å². The van der Waals surface area contributed by atoms with Crippen LogP contribution in [0.15, 0.2) is 71.9 Å². The number of rotatable bonds is 8. The number of nitrogens with zero attached hydrogens (tertiary/aromatic N) is 5. The van der Waals surface area contributed by atoms with Gasteiger partial charge in [-0.25, -0.2) is 13.4 Å². The smallest absolute Gasteiger partial charge is 0.242 e. The number of sulfonamides is 1. The minimum atomic E-state index is -3.47. The molecule has 0 radical (unpaired) electrons. The van der Waals surface area contributed by atoms with E-state index in [1.54, 1.807) is 43.7 Å². The van der Waals surface area contributed by atoms with Gasteiger partial charge < -0.3 is 10.0 Å². The molecule has 2 aromatic carbocycles. The van der Waals surface area contributed by atoms with Crippen molar-refractivity contribution in [2.24, 2.45) is 0 Å². The van der Waals surface area contributed by atoms with Crippen LogP contribution < -0.4 is 4.90 Å². The Labute approximate surface area is 207 Å². The average Bonchev–Trinajstić information content (AvgIpc) is 2.88. The SMILES string of the molecule is CN(CCN1CCN(c2nccnc2-c2ccc(CO)cc2)CC1)S(=O)(=O)c1ccccc1.Cl. The Morgan fingerprint density at radius 1 is 0.941 bits per heavy atom. The Kier molecular flexibility index (Phi) is 8.98. The van der Waals surface area contributed by atoms with E-state index >= 15 is 0 Å². The second kappa shape index (κ2) is 11.7. The van der Waals surface area contributed by atoms with Crippen LogP contribution in [0.4, 0.5) is 5.82 Å². The quantitative estimate of drug-likeness (QED) is 0.505. The maximum atomic E-state index is 12.7. The molecule has 1 aliphatic heterocycles. The van der Waals surface area contributed by atoms with Crippen LogP contribution in [0.1, 0.15) is 5.56 Å². The fourth-order valence-corrected chi connectivity index (χ4v) is 5.07. The van der Waals surface area contributed by atoms with Crippen LogP contribution in [0, 0.1) is 0 Å². The molecule has 8 nitrogen and oxygen atoms in total. The molecule has 0 atom stereocenters. The second-order valence-corrected chi connectivity index (χ2v) is 10.1. The monoisotopic (exact) mass is 503 g/mol. The van der Waals surface area contributed by atoms with Gasteiger partial charge >= 0.3 is 0 Å². The van der Waals surface area contributed by atoms with Crippen molar-refractivity contribution in [3.05, 3.63) is 72.6 Å².